The van der Waals surface area contributed by atoms with Crippen LogP contribution in [0.5, 0.6) is 0 Å². The molecule has 0 atom stereocenters. The van der Waals surface area contributed by atoms with Crippen molar-refractivity contribution in [3.05, 3.63) is 74.2 Å². The topological polar surface area (TPSA) is 118 Å². The number of rotatable bonds is 6. The standard InChI is InChI=1S/C20H16BrN3O6/c21-15-9-7-13(8-10-15)17(25)12-22(23-18(26)5-2-6-19(23)27)20(28)14-3-1-4-16(11-14)24(29)30/h1,3-4,7-11H,2,5-6,12H2. The molecule has 0 saturated carbocycles. The zero-order chi connectivity index (χ0) is 21.8. The summed E-state index contributed by atoms with van der Waals surface area (Å²) in [6.45, 7) is -0.569. The molecule has 3 rings (SSSR count). The summed E-state index contributed by atoms with van der Waals surface area (Å²) in [5.41, 5.74) is -0.151. The van der Waals surface area contributed by atoms with Crippen molar-refractivity contribution in [3.63, 3.8) is 0 Å². The van der Waals surface area contributed by atoms with E-state index >= 15 is 0 Å². The molecule has 154 valence electrons. The molecule has 10 heteroatoms. The number of ketones is 1. The van der Waals surface area contributed by atoms with Crippen LogP contribution in [0.4, 0.5) is 5.69 Å². The highest BCUT2D eigenvalue weighted by molar-refractivity contribution is 9.10. The molecule has 0 aliphatic carbocycles. The largest absolute Gasteiger partial charge is 0.292 e. The van der Waals surface area contributed by atoms with Gasteiger partial charge in [-0.25, -0.2) is 5.01 Å². The summed E-state index contributed by atoms with van der Waals surface area (Å²) in [6.07, 6.45) is 0.460. The minimum absolute atomic E-state index is 0.0525. The first kappa shape index (κ1) is 21.3. The molecule has 30 heavy (non-hydrogen) atoms. The first-order valence-electron chi connectivity index (χ1n) is 8.98. The Morgan fingerprint density at radius 2 is 1.67 bits per heavy atom. The average Bonchev–Trinajstić information content (AvgIpc) is 2.72. The maximum atomic E-state index is 13.1. The Morgan fingerprint density at radius 1 is 1.03 bits per heavy atom. The van der Waals surface area contributed by atoms with E-state index in [9.17, 15) is 29.3 Å². The predicted octanol–water partition coefficient (Wildman–Crippen LogP) is 3.14. The quantitative estimate of drug-likeness (QED) is 0.275. The lowest BCUT2D eigenvalue weighted by Crippen LogP contribution is -2.56. The number of nitrogens with zero attached hydrogens (tertiary/aromatic N) is 3. The summed E-state index contributed by atoms with van der Waals surface area (Å²) in [6, 6.07) is 11.3. The SMILES string of the molecule is O=C(CN(C(=O)c1cccc([N+](=O)[O-])c1)N1C(=O)CCCC1=O)c1ccc(Br)cc1. The van der Waals surface area contributed by atoms with Crippen molar-refractivity contribution in [2.24, 2.45) is 0 Å². The van der Waals surface area contributed by atoms with Gasteiger partial charge < -0.3 is 0 Å². The molecule has 1 saturated heterocycles. The number of hydrogen-bond donors (Lipinski definition) is 0. The van der Waals surface area contributed by atoms with Gasteiger partial charge in [-0.3, -0.25) is 29.3 Å². The molecule has 1 heterocycles. The van der Waals surface area contributed by atoms with Crippen molar-refractivity contribution in [2.45, 2.75) is 19.3 Å². The number of piperidine rings is 1. The second-order valence-corrected chi connectivity index (χ2v) is 7.47. The Bertz CT molecular complexity index is 1020. The number of carbonyl (C=O) groups is 4. The van der Waals surface area contributed by atoms with Gasteiger partial charge >= 0.3 is 0 Å². The van der Waals surface area contributed by atoms with Crippen LogP contribution in [-0.2, 0) is 9.59 Å². The number of non-ortho nitro benzene ring substituents is 1. The van der Waals surface area contributed by atoms with Crippen molar-refractivity contribution in [1.29, 1.82) is 0 Å². The zero-order valence-corrected chi connectivity index (χ0v) is 17.2. The molecule has 2 aromatic carbocycles. The second-order valence-electron chi connectivity index (χ2n) is 6.55. The molecule has 0 aromatic heterocycles. The van der Waals surface area contributed by atoms with E-state index in [0.717, 1.165) is 15.5 Å². The number of amides is 3. The molecule has 9 nitrogen and oxygen atoms in total. The van der Waals surface area contributed by atoms with Crippen molar-refractivity contribution < 1.29 is 24.1 Å². The predicted molar refractivity (Wildman–Crippen MR) is 108 cm³/mol. The van der Waals surface area contributed by atoms with E-state index < -0.39 is 35.0 Å². The van der Waals surface area contributed by atoms with Crippen LogP contribution >= 0.6 is 15.9 Å². The molecule has 1 aliphatic rings. The van der Waals surface area contributed by atoms with Gasteiger partial charge in [-0.15, -0.1) is 0 Å². The number of hydrazine groups is 1. The highest BCUT2D eigenvalue weighted by Crippen LogP contribution is 2.21. The van der Waals surface area contributed by atoms with Crippen LogP contribution in [0.3, 0.4) is 0 Å². The van der Waals surface area contributed by atoms with Crippen molar-refractivity contribution in [1.82, 2.24) is 10.0 Å². The number of imide groups is 1. The summed E-state index contributed by atoms with van der Waals surface area (Å²) < 4.78 is 0.755. The number of halogens is 1. The van der Waals surface area contributed by atoms with Gasteiger partial charge in [0.15, 0.2) is 5.78 Å². The summed E-state index contributed by atoms with van der Waals surface area (Å²) in [5.74, 6) is -2.55. The molecule has 0 N–H and O–H groups in total. The third-order valence-corrected chi connectivity index (χ3v) is 5.02. The zero-order valence-electron chi connectivity index (χ0n) is 15.6. The maximum Gasteiger partial charge on any atom is 0.273 e. The van der Waals surface area contributed by atoms with Gasteiger partial charge in [0, 0.05) is 40.6 Å². The van der Waals surface area contributed by atoms with E-state index in [0.29, 0.717) is 11.4 Å². The molecule has 2 aromatic rings. The number of benzene rings is 2. The Hall–Kier alpha value is -3.40. The number of hydrogen-bond acceptors (Lipinski definition) is 6. The van der Waals surface area contributed by atoms with Crippen LogP contribution in [0.2, 0.25) is 0 Å². The lowest BCUT2D eigenvalue weighted by atomic mass is 10.1. The smallest absolute Gasteiger partial charge is 0.273 e. The van der Waals surface area contributed by atoms with E-state index in [2.05, 4.69) is 15.9 Å². The van der Waals surface area contributed by atoms with Crippen LogP contribution in [0, 0.1) is 10.1 Å². The van der Waals surface area contributed by atoms with Crippen molar-refractivity contribution in [3.8, 4) is 0 Å². The number of nitro benzene ring substituents is 1. The van der Waals surface area contributed by atoms with Crippen LogP contribution in [0.15, 0.2) is 53.0 Å². The van der Waals surface area contributed by atoms with Gasteiger partial charge in [0.2, 0.25) is 11.8 Å². The molecule has 0 spiro atoms. The van der Waals surface area contributed by atoms with E-state index in [1.54, 1.807) is 24.3 Å². The number of carbonyl (C=O) groups excluding carboxylic acids is 4. The Labute approximate surface area is 179 Å². The van der Waals surface area contributed by atoms with Gasteiger partial charge in [0.1, 0.15) is 6.54 Å². The van der Waals surface area contributed by atoms with Gasteiger partial charge in [-0.1, -0.05) is 34.1 Å². The van der Waals surface area contributed by atoms with Crippen molar-refractivity contribution in [2.75, 3.05) is 6.54 Å². The van der Waals surface area contributed by atoms with E-state index in [1.165, 1.54) is 18.2 Å². The summed E-state index contributed by atoms with van der Waals surface area (Å²) in [7, 11) is 0. The number of Topliss-reactive ketones (excluding diaryl/α,β-unsaturated/α-hetero) is 1. The monoisotopic (exact) mass is 473 g/mol. The van der Waals surface area contributed by atoms with Gasteiger partial charge in [-0.2, -0.15) is 5.01 Å². The molecule has 0 radical (unpaired) electrons. The molecular formula is C20H16BrN3O6. The highest BCUT2D eigenvalue weighted by Gasteiger charge is 2.36. The molecular weight excluding hydrogens is 458 g/mol. The fraction of sp³-hybridized carbons (Fsp3) is 0.200. The van der Waals surface area contributed by atoms with E-state index in [1.807, 2.05) is 0 Å². The van der Waals surface area contributed by atoms with Crippen molar-refractivity contribution >= 4 is 45.1 Å². The lowest BCUT2D eigenvalue weighted by molar-refractivity contribution is -0.384. The molecule has 1 fully saturated rings. The van der Waals surface area contributed by atoms with Gasteiger partial charge in [-0.05, 0) is 24.6 Å². The fourth-order valence-electron chi connectivity index (χ4n) is 3.01. The van der Waals surface area contributed by atoms with E-state index in [-0.39, 0.29) is 29.7 Å². The fourth-order valence-corrected chi connectivity index (χ4v) is 3.27. The van der Waals surface area contributed by atoms with Crippen LogP contribution in [0.25, 0.3) is 0 Å². The van der Waals surface area contributed by atoms with Crippen LogP contribution in [0.1, 0.15) is 40.0 Å². The normalized spacial score (nSPS) is 13.8. The highest BCUT2D eigenvalue weighted by atomic mass is 79.9. The van der Waals surface area contributed by atoms with E-state index in [4.69, 9.17) is 0 Å². The van der Waals surface area contributed by atoms with Crippen LogP contribution < -0.4 is 0 Å². The summed E-state index contributed by atoms with van der Waals surface area (Å²) in [4.78, 5) is 61.1. The molecule has 1 aliphatic heterocycles. The average molecular weight is 474 g/mol. The first-order chi connectivity index (χ1) is 14.3. The lowest BCUT2D eigenvalue weighted by Gasteiger charge is -2.35. The Balaban J connectivity index is 1.97. The first-order valence-corrected chi connectivity index (χ1v) is 9.78. The van der Waals surface area contributed by atoms with Crippen LogP contribution in [-0.4, -0.2) is 45.0 Å². The maximum absolute atomic E-state index is 13.1. The molecule has 3 amide bonds. The summed E-state index contributed by atoms with van der Waals surface area (Å²) in [5, 5.41) is 12.5. The Kier molecular flexibility index (Phi) is 6.36. The second kappa shape index (κ2) is 8.95. The minimum atomic E-state index is -0.854. The number of nitro groups is 1. The summed E-state index contributed by atoms with van der Waals surface area (Å²) >= 11 is 3.27. The van der Waals surface area contributed by atoms with Gasteiger partial charge in [0.05, 0.1) is 4.92 Å². The molecule has 0 bridgehead atoms. The third kappa shape index (κ3) is 4.60. The Morgan fingerprint density at radius 3 is 2.27 bits per heavy atom. The minimum Gasteiger partial charge on any atom is -0.292 e. The third-order valence-electron chi connectivity index (χ3n) is 4.49. The molecule has 0 unspecified atom stereocenters. The van der Waals surface area contributed by atoms with Gasteiger partial charge in [0.25, 0.3) is 11.6 Å².